The second-order valence-electron chi connectivity index (χ2n) is 6.13. The molecule has 0 spiro atoms. The van der Waals surface area contributed by atoms with Crippen molar-refractivity contribution in [3.8, 4) is 0 Å². The highest BCUT2D eigenvalue weighted by atomic mass is 19.2. The van der Waals surface area contributed by atoms with Gasteiger partial charge in [-0.15, -0.1) is 0 Å². The Labute approximate surface area is 127 Å². The van der Waals surface area contributed by atoms with Crippen LogP contribution in [0.15, 0.2) is 12.1 Å². The van der Waals surface area contributed by atoms with Gasteiger partial charge in [0.15, 0.2) is 17.5 Å². The lowest BCUT2D eigenvalue weighted by Crippen LogP contribution is -2.52. The molecule has 1 aromatic carbocycles. The van der Waals surface area contributed by atoms with Crippen LogP contribution < -0.4 is 0 Å². The summed E-state index contributed by atoms with van der Waals surface area (Å²) in [5, 5.41) is 0. The molecular weight excluding hydrogens is 293 g/mol. The van der Waals surface area contributed by atoms with Crippen molar-refractivity contribution < 1.29 is 18.0 Å². The van der Waals surface area contributed by atoms with E-state index >= 15 is 0 Å². The van der Waals surface area contributed by atoms with Crippen LogP contribution in [0, 0.1) is 23.4 Å². The Hall–Kier alpha value is -1.56. The lowest BCUT2D eigenvalue weighted by molar-refractivity contribution is 0.0558. The lowest BCUT2D eigenvalue weighted by atomic mass is 10.1. The minimum atomic E-state index is -1.59. The molecule has 22 heavy (non-hydrogen) atoms. The third-order valence-corrected chi connectivity index (χ3v) is 4.75. The molecule has 3 nitrogen and oxygen atoms in total. The van der Waals surface area contributed by atoms with Gasteiger partial charge in [0.1, 0.15) is 0 Å². The van der Waals surface area contributed by atoms with E-state index in [1.807, 2.05) is 0 Å². The zero-order chi connectivity index (χ0) is 15.9. The van der Waals surface area contributed by atoms with Crippen LogP contribution in [0.3, 0.4) is 0 Å². The Morgan fingerprint density at radius 1 is 1.09 bits per heavy atom. The normalized spacial score (nSPS) is 21.0. The maximum absolute atomic E-state index is 13.7. The number of carbonyl (C=O) groups excluding carboxylic acids is 1. The van der Waals surface area contributed by atoms with Crippen molar-refractivity contribution in [3.05, 3.63) is 35.1 Å². The predicted octanol–water partition coefficient (Wildman–Crippen LogP) is 2.66. The highest BCUT2D eigenvalue weighted by molar-refractivity contribution is 5.94. The predicted molar refractivity (Wildman–Crippen MR) is 76.0 cm³/mol. The molecule has 1 unspecified atom stereocenters. The van der Waals surface area contributed by atoms with Gasteiger partial charge in [0.05, 0.1) is 5.56 Å². The summed E-state index contributed by atoms with van der Waals surface area (Å²) in [5.74, 6) is -4.09. The van der Waals surface area contributed by atoms with Crippen LogP contribution in [0.5, 0.6) is 0 Å². The van der Waals surface area contributed by atoms with E-state index in [-0.39, 0.29) is 0 Å². The summed E-state index contributed by atoms with van der Waals surface area (Å²) in [6.07, 6.45) is 2.53. The molecule has 1 aromatic rings. The molecule has 1 atom stereocenters. The zero-order valence-corrected chi connectivity index (χ0v) is 12.5. The summed E-state index contributed by atoms with van der Waals surface area (Å²) in [5.41, 5.74) is -0.400. The van der Waals surface area contributed by atoms with Crippen molar-refractivity contribution in [2.24, 2.45) is 5.92 Å². The second-order valence-corrected chi connectivity index (χ2v) is 6.13. The Kier molecular flexibility index (Phi) is 4.12. The minimum Gasteiger partial charge on any atom is -0.336 e. The average molecular weight is 312 g/mol. The maximum Gasteiger partial charge on any atom is 0.257 e. The van der Waals surface area contributed by atoms with Crippen LogP contribution in [0.4, 0.5) is 13.2 Å². The quantitative estimate of drug-likeness (QED) is 0.801. The Bertz CT molecular complexity index is 581. The van der Waals surface area contributed by atoms with Crippen LogP contribution in [0.1, 0.15) is 30.1 Å². The minimum absolute atomic E-state index is 0.400. The van der Waals surface area contributed by atoms with Crippen LogP contribution >= 0.6 is 0 Å². The summed E-state index contributed by atoms with van der Waals surface area (Å²) in [4.78, 5) is 16.1. The van der Waals surface area contributed by atoms with Gasteiger partial charge in [-0.05, 0) is 37.8 Å². The Balaban J connectivity index is 1.66. The summed E-state index contributed by atoms with van der Waals surface area (Å²) < 4.78 is 39.9. The van der Waals surface area contributed by atoms with Gasteiger partial charge in [-0.3, -0.25) is 9.69 Å². The molecule has 1 saturated heterocycles. The van der Waals surface area contributed by atoms with E-state index in [0.29, 0.717) is 19.1 Å². The van der Waals surface area contributed by atoms with Gasteiger partial charge >= 0.3 is 0 Å². The number of nitrogens with zero attached hydrogens (tertiary/aromatic N) is 2. The van der Waals surface area contributed by atoms with Crippen molar-refractivity contribution in [3.63, 3.8) is 0 Å². The molecule has 1 saturated carbocycles. The van der Waals surface area contributed by atoms with E-state index in [2.05, 4.69) is 11.8 Å². The van der Waals surface area contributed by atoms with E-state index in [9.17, 15) is 18.0 Å². The van der Waals surface area contributed by atoms with E-state index in [1.165, 1.54) is 17.7 Å². The summed E-state index contributed by atoms with van der Waals surface area (Å²) in [6, 6.07) is 2.31. The molecule has 1 amide bonds. The fourth-order valence-electron chi connectivity index (χ4n) is 3.07. The van der Waals surface area contributed by atoms with Gasteiger partial charge < -0.3 is 4.90 Å². The number of halogens is 3. The molecule has 6 heteroatoms. The van der Waals surface area contributed by atoms with Crippen LogP contribution in [0.25, 0.3) is 0 Å². The number of amides is 1. The van der Waals surface area contributed by atoms with Crippen molar-refractivity contribution in [1.29, 1.82) is 0 Å². The monoisotopic (exact) mass is 312 g/mol. The van der Waals surface area contributed by atoms with Gasteiger partial charge in [0, 0.05) is 32.2 Å². The molecule has 2 fully saturated rings. The molecule has 0 bridgehead atoms. The van der Waals surface area contributed by atoms with Crippen LogP contribution in [0.2, 0.25) is 0 Å². The van der Waals surface area contributed by atoms with E-state index in [1.54, 1.807) is 0 Å². The molecule has 3 rings (SSSR count). The van der Waals surface area contributed by atoms with Crippen molar-refractivity contribution in [2.45, 2.75) is 25.8 Å². The molecule has 1 heterocycles. The first-order chi connectivity index (χ1) is 10.5. The number of rotatable bonds is 3. The SMILES string of the molecule is CC(C1CC1)N1CCN(C(=O)c2ccc(F)c(F)c2F)CC1. The average Bonchev–Trinajstić information content (AvgIpc) is 3.36. The van der Waals surface area contributed by atoms with Crippen LogP contribution in [-0.2, 0) is 0 Å². The highest BCUT2D eigenvalue weighted by Crippen LogP contribution is 2.35. The highest BCUT2D eigenvalue weighted by Gasteiger charge is 2.34. The van der Waals surface area contributed by atoms with Gasteiger partial charge in [-0.25, -0.2) is 13.2 Å². The summed E-state index contributed by atoms with van der Waals surface area (Å²) in [7, 11) is 0. The standard InChI is InChI=1S/C16H19F3N2O/c1-10(11-2-3-11)20-6-8-21(9-7-20)16(22)12-4-5-13(17)15(19)14(12)18/h4-5,10-11H,2-3,6-9H2,1H3. The summed E-state index contributed by atoms with van der Waals surface area (Å²) >= 11 is 0. The van der Waals surface area contributed by atoms with Gasteiger partial charge in [0.2, 0.25) is 0 Å². The third-order valence-electron chi connectivity index (χ3n) is 4.75. The lowest BCUT2D eigenvalue weighted by Gasteiger charge is -2.38. The van der Waals surface area contributed by atoms with Crippen molar-refractivity contribution >= 4 is 5.91 Å². The first kappa shape index (κ1) is 15.3. The van der Waals surface area contributed by atoms with Crippen LogP contribution in [-0.4, -0.2) is 47.9 Å². The molecule has 1 aliphatic heterocycles. The number of carbonyl (C=O) groups is 1. The van der Waals surface area contributed by atoms with E-state index < -0.39 is 28.9 Å². The van der Waals surface area contributed by atoms with Gasteiger partial charge in [0.25, 0.3) is 5.91 Å². The molecule has 1 aliphatic carbocycles. The van der Waals surface area contributed by atoms with Gasteiger partial charge in [-0.2, -0.15) is 0 Å². The number of hydrogen-bond acceptors (Lipinski definition) is 2. The Morgan fingerprint density at radius 2 is 1.73 bits per heavy atom. The molecule has 120 valence electrons. The zero-order valence-electron chi connectivity index (χ0n) is 12.5. The third kappa shape index (κ3) is 2.84. The Morgan fingerprint density at radius 3 is 2.32 bits per heavy atom. The largest absolute Gasteiger partial charge is 0.336 e. The van der Waals surface area contributed by atoms with E-state index in [4.69, 9.17) is 0 Å². The van der Waals surface area contributed by atoms with Gasteiger partial charge in [-0.1, -0.05) is 0 Å². The second kappa shape index (κ2) is 5.91. The topological polar surface area (TPSA) is 23.6 Å². The number of benzene rings is 1. The fourth-order valence-corrected chi connectivity index (χ4v) is 3.07. The number of hydrogen-bond donors (Lipinski definition) is 0. The molecule has 0 radical (unpaired) electrons. The molecular formula is C16H19F3N2O. The smallest absolute Gasteiger partial charge is 0.257 e. The molecule has 0 N–H and O–H groups in total. The molecule has 0 aromatic heterocycles. The fraction of sp³-hybridized carbons (Fsp3) is 0.562. The maximum atomic E-state index is 13.7. The van der Waals surface area contributed by atoms with Crippen molar-refractivity contribution in [1.82, 2.24) is 9.80 Å². The van der Waals surface area contributed by atoms with Crippen molar-refractivity contribution in [2.75, 3.05) is 26.2 Å². The van der Waals surface area contributed by atoms with E-state index in [0.717, 1.165) is 31.1 Å². The summed E-state index contributed by atoms with van der Waals surface area (Å²) in [6.45, 7) is 4.62. The number of piperazine rings is 1. The first-order valence-corrected chi connectivity index (χ1v) is 7.66. The molecule has 2 aliphatic rings. The first-order valence-electron chi connectivity index (χ1n) is 7.66.